The van der Waals surface area contributed by atoms with E-state index < -0.39 is 5.92 Å². The molecule has 0 bridgehead atoms. The van der Waals surface area contributed by atoms with Gasteiger partial charge in [-0.25, -0.2) is 4.39 Å². The molecule has 0 aliphatic carbocycles. The third-order valence-corrected chi connectivity index (χ3v) is 4.30. The van der Waals surface area contributed by atoms with Crippen LogP contribution < -0.4 is 10.5 Å². The molecule has 0 radical (unpaired) electrons. The van der Waals surface area contributed by atoms with Gasteiger partial charge in [0.25, 0.3) is 0 Å². The molecule has 1 aliphatic heterocycles. The van der Waals surface area contributed by atoms with Crippen LogP contribution in [0.3, 0.4) is 0 Å². The number of nitriles is 1. The Balaban J connectivity index is 2.07. The first-order valence-electron chi connectivity index (χ1n) is 7.53. The molecule has 0 saturated heterocycles. The van der Waals surface area contributed by atoms with E-state index in [9.17, 15) is 9.65 Å². The van der Waals surface area contributed by atoms with Gasteiger partial charge in [0.05, 0.1) is 5.92 Å². The van der Waals surface area contributed by atoms with Crippen molar-refractivity contribution in [2.45, 2.75) is 5.92 Å². The van der Waals surface area contributed by atoms with E-state index in [1.165, 1.54) is 12.1 Å². The minimum Gasteiger partial charge on any atom is -0.440 e. The average molecular weight is 316 g/mol. The summed E-state index contributed by atoms with van der Waals surface area (Å²) in [5, 5.41) is 11.6. The van der Waals surface area contributed by atoms with Gasteiger partial charge < -0.3 is 10.5 Å². The molecule has 0 spiro atoms. The number of fused-ring (bicyclic) bond motifs is 3. The fourth-order valence-corrected chi connectivity index (χ4v) is 3.26. The second-order valence-corrected chi connectivity index (χ2v) is 5.68. The predicted octanol–water partition coefficient (Wildman–Crippen LogP) is 4.20. The molecule has 1 aliphatic rings. The first-order chi connectivity index (χ1) is 11.7. The molecule has 1 atom stereocenters. The highest BCUT2D eigenvalue weighted by Gasteiger charge is 2.32. The zero-order chi connectivity index (χ0) is 16.7. The Morgan fingerprint density at radius 2 is 1.88 bits per heavy atom. The lowest BCUT2D eigenvalue weighted by Crippen LogP contribution is -2.21. The minimum absolute atomic E-state index is 0.0644. The van der Waals surface area contributed by atoms with E-state index >= 15 is 0 Å². The average Bonchev–Trinajstić information content (AvgIpc) is 2.60. The second kappa shape index (κ2) is 5.39. The summed E-state index contributed by atoms with van der Waals surface area (Å²) < 4.78 is 19.4. The van der Waals surface area contributed by atoms with Crippen LogP contribution >= 0.6 is 0 Å². The van der Waals surface area contributed by atoms with E-state index in [1.807, 2.05) is 36.4 Å². The number of ether oxygens (including phenoxy) is 1. The van der Waals surface area contributed by atoms with Crippen molar-refractivity contribution < 1.29 is 9.13 Å². The topological polar surface area (TPSA) is 59.0 Å². The molecule has 116 valence electrons. The summed E-state index contributed by atoms with van der Waals surface area (Å²) in [6, 6.07) is 20.0. The van der Waals surface area contributed by atoms with Gasteiger partial charge in [0.1, 0.15) is 23.2 Å². The van der Waals surface area contributed by atoms with E-state index in [0.717, 1.165) is 16.3 Å². The van der Waals surface area contributed by atoms with Crippen LogP contribution in [0.2, 0.25) is 0 Å². The molecular weight excluding hydrogens is 303 g/mol. The van der Waals surface area contributed by atoms with Gasteiger partial charge in [-0.1, -0.05) is 42.5 Å². The van der Waals surface area contributed by atoms with Crippen LogP contribution in [0, 0.1) is 17.1 Å². The minimum atomic E-state index is -0.458. The normalized spacial score (nSPS) is 16.4. The monoisotopic (exact) mass is 316 g/mol. The molecule has 0 amide bonds. The van der Waals surface area contributed by atoms with E-state index in [2.05, 4.69) is 6.07 Å². The van der Waals surface area contributed by atoms with E-state index in [1.54, 1.807) is 12.1 Å². The summed E-state index contributed by atoms with van der Waals surface area (Å²) >= 11 is 0. The lowest BCUT2D eigenvalue weighted by molar-refractivity contribution is 0.395. The predicted molar refractivity (Wildman–Crippen MR) is 89.6 cm³/mol. The Hall–Kier alpha value is -3.32. The number of allylic oxidation sites excluding steroid dienone is 1. The van der Waals surface area contributed by atoms with Crippen molar-refractivity contribution in [3.63, 3.8) is 0 Å². The molecular formula is C20H13FN2O. The molecule has 24 heavy (non-hydrogen) atoms. The van der Waals surface area contributed by atoms with Crippen LogP contribution in [0.4, 0.5) is 4.39 Å². The van der Waals surface area contributed by atoms with Crippen LogP contribution in [-0.4, -0.2) is 0 Å². The summed E-state index contributed by atoms with van der Waals surface area (Å²) in [5.74, 6) is -0.147. The molecule has 1 unspecified atom stereocenters. The van der Waals surface area contributed by atoms with Gasteiger partial charge in [0.2, 0.25) is 5.88 Å². The fourth-order valence-electron chi connectivity index (χ4n) is 3.26. The van der Waals surface area contributed by atoms with Crippen molar-refractivity contribution >= 4 is 10.8 Å². The van der Waals surface area contributed by atoms with Crippen molar-refractivity contribution in [2.75, 3.05) is 0 Å². The lowest BCUT2D eigenvalue weighted by Gasteiger charge is -2.27. The molecule has 3 aromatic carbocycles. The summed E-state index contributed by atoms with van der Waals surface area (Å²) in [4.78, 5) is 0. The van der Waals surface area contributed by atoms with Gasteiger partial charge in [-0.15, -0.1) is 0 Å². The van der Waals surface area contributed by atoms with Gasteiger partial charge >= 0.3 is 0 Å². The number of halogens is 1. The number of nitrogens with two attached hydrogens (primary N) is 1. The smallest absolute Gasteiger partial charge is 0.205 e. The number of benzene rings is 3. The summed E-state index contributed by atoms with van der Waals surface area (Å²) in [6.07, 6.45) is 0. The van der Waals surface area contributed by atoms with E-state index in [4.69, 9.17) is 10.5 Å². The van der Waals surface area contributed by atoms with Gasteiger partial charge in [0, 0.05) is 5.56 Å². The largest absolute Gasteiger partial charge is 0.440 e. The Bertz CT molecular complexity index is 1030. The summed E-state index contributed by atoms with van der Waals surface area (Å²) in [5.41, 5.74) is 7.76. The van der Waals surface area contributed by atoms with Crippen molar-refractivity contribution in [3.05, 3.63) is 89.1 Å². The molecule has 3 aromatic rings. The molecule has 1 heterocycles. The highest BCUT2D eigenvalue weighted by Crippen LogP contribution is 2.45. The maximum atomic E-state index is 13.8. The Morgan fingerprint density at radius 3 is 2.67 bits per heavy atom. The SMILES string of the molecule is N#CC1=C(N)Oc2ccc3ccccc3c2C1c1cccc(F)c1. The third kappa shape index (κ3) is 2.10. The number of hydrogen-bond acceptors (Lipinski definition) is 3. The first kappa shape index (κ1) is 14.3. The van der Waals surface area contributed by atoms with Crippen molar-refractivity contribution in [1.82, 2.24) is 0 Å². The molecule has 0 saturated carbocycles. The standard InChI is InChI=1S/C20H13FN2O/c21-14-6-3-5-13(10-14)18-16(11-22)20(23)24-17-9-8-12-4-1-2-7-15(12)19(17)18/h1-10,18H,23H2. The van der Waals surface area contributed by atoms with E-state index in [0.29, 0.717) is 16.9 Å². The summed E-state index contributed by atoms with van der Waals surface area (Å²) in [6.45, 7) is 0. The second-order valence-electron chi connectivity index (χ2n) is 5.68. The lowest BCUT2D eigenvalue weighted by atomic mass is 9.81. The van der Waals surface area contributed by atoms with E-state index in [-0.39, 0.29) is 11.7 Å². The van der Waals surface area contributed by atoms with Crippen LogP contribution in [-0.2, 0) is 0 Å². The van der Waals surface area contributed by atoms with Crippen LogP contribution in [0.25, 0.3) is 10.8 Å². The Morgan fingerprint density at radius 1 is 1.04 bits per heavy atom. The van der Waals surface area contributed by atoms with Crippen LogP contribution in [0.1, 0.15) is 17.0 Å². The molecule has 3 nitrogen and oxygen atoms in total. The maximum absolute atomic E-state index is 13.8. The Labute approximate surface area is 138 Å². The van der Waals surface area contributed by atoms with Gasteiger partial charge in [-0.3, -0.25) is 0 Å². The Kier molecular flexibility index (Phi) is 3.21. The molecule has 0 aromatic heterocycles. The highest BCUT2D eigenvalue weighted by molar-refractivity contribution is 5.90. The molecule has 4 heteroatoms. The third-order valence-electron chi connectivity index (χ3n) is 4.30. The zero-order valence-corrected chi connectivity index (χ0v) is 12.7. The quantitative estimate of drug-likeness (QED) is 0.732. The van der Waals surface area contributed by atoms with Gasteiger partial charge in [0.15, 0.2) is 0 Å². The van der Waals surface area contributed by atoms with Crippen molar-refractivity contribution in [3.8, 4) is 11.8 Å². The number of nitrogens with zero attached hydrogens (tertiary/aromatic N) is 1. The fraction of sp³-hybridized carbons (Fsp3) is 0.0500. The van der Waals surface area contributed by atoms with Crippen LogP contribution in [0.15, 0.2) is 72.1 Å². The number of hydrogen-bond donors (Lipinski definition) is 1. The highest BCUT2D eigenvalue weighted by atomic mass is 19.1. The molecule has 4 rings (SSSR count). The molecule has 0 fully saturated rings. The molecule has 2 N–H and O–H groups in total. The first-order valence-corrected chi connectivity index (χ1v) is 7.53. The zero-order valence-electron chi connectivity index (χ0n) is 12.7. The van der Waals surface area contributed by atoms with Crippen molar-refractivity contribution in [1.29, 1.82) is 5.26 Å². The van der Waals surface area contributed by atoms with Gasteiger partial charge in [-0.2, -0.15) is 5.26 Å². The number of rotatable bonds is 1. The maximum Gasteiger partial charge on any atom is 0.205 e. The van der Waals surface area contributed by atoms with Crippen molar-refractivity contribution in [2.24, 2.45) is 5.73 Å². The van der Waals surface area contributed by atoms with Gasteiger partial charge in [-0.05, 0) is 34.5 Å². The summed E-state index contributed by atoms with van der Waals surface area (Å²) in [7, 11) is 0. The van der Waals surface area contributed by atoms with Crippen LogP contribution in [0.5, 0.6) is 5.75 Å².